The molecule has 1 rings (SSSR count). The molecule has 5 heteroatoms. The molecule has 1 heterocycles. The zero-order valence-corrected chi connectivity index (χ0v) is 11.9. The van der Waals surface area contributed by atoms with Gasteiger partial charge in [-0.15, -0.1) is 11.3 Å². The van der Waals surface area contributed by atoms with E-state index < -0.39 is 11.9 Å². The smallest absolute Gasteiger partial charge is 0.308 e. The first-order valence-electron chi connectivity index (χ1n) is 6.21. The number of amides is 1. The molecule has 0 bridgehead atoms. The van der Waals surface area contributed by atoms with Crippen LogP contribution in [0.25, 0.3) is 6.08 Å². The van der Waals surface area contributed by atoms with Crippen LogP contribution in [0.2, 0.25) is 0 Å². The lowest BCUT2D eigenvalue weighted by Crippen LogP contribution is -2.32. The van der Waals surface area contributed by atoms with Gasteiger partial charge in [0.05, 0.1) is 5.92 Å². The van der Waals surface area contributed by atoms with E-state index in [1.807, 2.05) is 31.4 Å². The zero-order chi connectivity index (χ0) is 14.3. The predicted octanol–water partition coefficient (Wildman–Crippen LogP) is 2.62. The number of carbonyl (C=O) groups excluding carboxylic acids is 1. The summed E-state index contributed by atoms with van der Waals surface area (Å²) < 4.78 is 0. The van der Waals surface area contributed by atoms with Crippen molar-refractivity contribution in [3.8, 4) is 0 Å². The van der Waals surface area contributed by atoms with E-state index in [1.165, 1.54) is 6.08 Å². The van der Waals surface area contributed by atoms with Crippen LogP contribution in [0.1, 0.15) is 25.1 Å². The summed E-state index contributed by atoms with van der Waals surface area (Å²) in [5.74, 6) is -1.36. The van der Waals surface area contributed by atoms with Gasteiger partial charge in [-0.3, -0.25) is 9.59 Å². The Balaban J connectivity index is 2.41. The van der Waals surface area contributed by atoms with Crippen molar-refractivity contribution in [2.45, 2.75) is 20.3 Å². The highest BCUT2D eigenvalue weighted by atomic mass is 32.1. The topological polar surface area (TPSA) is 66.4 Å². The number of thiophene rings is 1. The summed E-state index contributed by atoms with van der Waals surface area (Å²) in [4.78, 5) is 23.6. The Morgan fingerprint density at radius 1 is 1.47 bits per heavy atom. The first kappa shape index (κ1) is 15.4. The van der Waals surface area contributed by atoms with Gasteiger partial charge in [0.25, 0.3) is 0 Å². The SMILES string of the molecule is CC(C)CC(CNC(=O)C=Cc1cccs1)C(=O)O. The van der Waals surface area contributed by atoms with Gasteiger partial charge in [0.15, 0.2) is 0 Å². The summed E-state index contributed by atoms with van der Waals surface area (Å²) in [6, 6.07) is 3.82. The third-order valence-electron chi connectivity index (χ3n) is 2.57. The van der Waals surface area contributed by atoms with E-state index in [9.17, 15) is 9.59 Å². The van der Waals surface area contributed by atoms with Crippen molar-refractivity contribution in [3.05, 3.63) is 28.5 Å². The lowest BCUT2D eigenvalue weighted by atomic mass is 9.97. The van der Waals surface area contributed by atoms with Crippen molar-refractivity contribution in [1.82, 2.24) is 5.32 Å². The number of hydrogen-bond donors (Lipinski definition) is 2. The molecule has 0 fully saturated rings. The van der Waals surface area contributed by atoms with Crippen molar-refractivity contribution >= 4 is 29.3 Å². The molecular weight excluding hydrogens is 262 g/mol. The van der Waals surface area contributed by atoms with Gasteiger partial charge in [-0.2, -0.15) is 0 Å². The highest BCUT2D eigenvalue weighted by Gasteiger charge is 2.19. The van der Waals surface area contributed by atoms with Crippen LogP contribution < -0.4 is 5.32 Å². The molecule has 1 aromatic heterocycles. The second-order valence-corrected chi connectivity index (χ2v) is 5.74. The molecule has 0 aliphatic heterocycles. The minimum absolute atomic E-state index is 0.168. The van der Waals surface area contributed by atoms with Crippen LogP contribution in [0.3, 0.4) is 0 Å². The number of carboxylic acid groups (broad SMARTS) is 1. The molecule has 104 valence electrons. The molecule has 1 atom stereocenters. The van der Waals surface area contributed by atoms with Crippen LogP contribution >= 0.6 is 11.3 Å². The monoisotopic (exact) mass is 281 g/mol. The number of nitrogens with one attached hydrogen (secondary N) is 1. The van der Waals surface area contributed by atoms with Crippen molar-refractivity contribution in [1.29, 1.82) is 0 Å². The van der Waals surface area contributed by atoms with Gasteiger partial charge in [0.1, 0.15) is 0 Å². The van der Waals surface area contributed by atoms with Crippen LogP contribution in [-0.2, 0) is 9.59 Å². The van der Waals surface area contributed by atoms with Crippen molar-refractivity contribution in [3.63, 3.8) is 0 Å². The fourth-order valence-corrected chi connectivity index (χ4v) is 2.29. The molecular formula is C14H19NO3S. The van der Waals surface area contributed by atoms with E-state index in [4.69, 9.17) is 5.11 Å². The van der Waals surface area contributed by atoms with Crippen molar-refractivity contribution < 1.29 is 14.7 Å². The molecule has 0 radical (unpaired) electrons. The molecule has 1 aromatic rings. The number of aliphatic carboxylic acids is 1. The Kier molecular flexibility index (Phi) is 6.29. The third-order valence-corrected chi connectivity index (χ3v) is 3.41. The standard InChI is InChI=1S/C14H19NO3S/c1-10(2)8-11(14(17)18)9-15-13(16)6-5-12-4-3-7-19-12/h3-7,10-11H,8-9H2,1-2H3,(H,15,16)(H,17,18). The van der Waals surface area contributed by atoms with Crippen LogP contribution in [0.15, 0.2) is 23.6 Å². The summed E-state index contributed by atoms with van der Waals surface area (Å²) in [7, 11) is 0. The normalized spacial score (nSPS) is 12.8. The molecule has 0 spiro atoms. The Morgan fingerprint density at radius 3 is 2.74 bits per heavy atom. The second-order valence-electron chi connectivity index (χ2n) is 4.76. The number of carbonyl (C=O) groups is 2. The number of hydrogen-bond acceptors (Lipinski definition) is 3. The molecule has 0 aromatic carbocycles. The van der Waals surface area contributed by atoms with E-state index in [-0.39, 0.29) is 12.5 Å². The molecule has 0 saturated carbocycles. The van der Waals surface area contributed by atoms with Gasteiger partial charge in [0.2, 0.25) is 5.91 Å². The fourth-order valence-electron chi connectivity index (χ4n) is 1.67. The molecule has 0 aliphatic rings. The highest BCUT2D eigenvalue weighted by Crippen LogP contribution is 2.12. The Bertz CT molecular complexity index is 438. The van der Waals surface area contributed by atoms with E-state index in [0.29, 0.717) is 12.3 Å². The van der Waals surface area contributed by atoms with Crippen LogP contribution in [-0.4, -0.2) is 23.5 Å². The number of rotatable bonds is 7. The maximum Gasteiger partial charge on any atom is 0.308 e. The minimum Gasteiger partial charge on any atom is -0.481 e. The highest BCUT2D eigenvalue weighted by molar-refractivity contribution is 7.10. The summed E-state index contributed by atoms with van der Waals surface area (Å²) >= 11 is 1.54. The van der Waals surface area contributed by atoms with E-state index in [1.54, 1.807) is 17.4 Å². The third kappa shape index (κ3) is 6.20. The average Bonchev–Trinajstić information content (AvgIpc) is 2.84. The van der Waals surface area contributed by atoms with Crippen LogP contribution in [0.5, 0.6) is 0 Å². The lowest BCUT2D eigenvalue weighted by Gasteiger charge is -2.14. The van der Waals surface area contributed by atoms with Crippen molar-refractivity contribution in [2.24, 2.45) is 11.8 Å². The van der Waals surface area contributed by atoms with Gasteiger partial charge in [-0.05, 0) is 29.9 Å². The second kappa shape index (κ2) is 7.74. The quantitative estimate of drug-likeness (QED) is 0.755. The Hall–Kier alpha value is -1.62. The van der Waals surface area contributed by atoms with E-state index >= 15 is 0 Å². The summed E-state index contributed by atoms with van der Waals surface area (Å²) in [6.45, 7) is 4.10. The van der Waals surface area contributed by atoms with Gasteiger partial charge in [-0.25, -0.2) is 0 Å². The Labute approximate surface area is 117 Å². The van der Waals surface area contributed by atoms with Crippen molar-refractivity contribution in [2.75, 3.05) is 6.54 Å². The number of carboxylic acids is 1. The molecule has 1 amide bonds. The summed E-state index contributed by atoms with van der Waals surface area (Å²) in [5, 5.41) is 13.6. The molecule has 0 aliphatic carbocycles. The van der Waals surface area contributed by atoms with Gasteiger partial charge < -0.3 is 10.4 Å². The molecule has 1 unspecified atom stereocenters. The Morgan fingerprint density at radius 2 is 2.21 bits per heavy atom. The fraction of sp³-hybridized carbons (Fsp3) is 0.429. The lowest BCUT2D eigenvalue weighted by molar-refractivity contribution is -0.142. The summed E-state index contributed by atoms with van der Waals surface area (Å²) in [5.41, 5.74) is 0. The molecule has 4 nitrogen and oxygen atoms in total. The molecule has 2 N–H and O–H groups in total. The average molecular weight is 281 g/mol. The van der Waals surface area contributed by atoms with Gasteiger partial charge >= 0.3 is 5.97 Å². The maximum atomic E-state index is 11.6. The molecule has 0 saturated heterocycles. The maximum absolute atomic E-state index is 11.6. The predicted molar refractivity (Wildman–Crippen MR) is 76.9 cm³/mol. The van der Waals surface area contributed by atoms with E-state index in [0.717, 1.165) is 4.88 Å². The minimum atomic E-state index is -0.865. The van der Waals surface area contributed by atoms with E-state index in [2.05, 4.69) is 5.32 Å². The zero-order valence-electron chi connectivity index (χ0n) is 11.1. The van der Waals surface area contributed by atoms with Crippen LogP contribution in [0, 0.1) is 11.8 Å². The largest absolute Gasteiger partial charge is 0.481 e. The van der Waals surface area contributed by atoms with Gasteiger partial charge in [0, 0.05) is 17.5 Å². The van der Waals surface area contributed by atoms with Crippen LogP contribution in [0.4, 0.5) is 0 Å². The molecule has 19 heavy (non-hydrogen) atoms. The van der Waals surface area contributed by atoms with Gasteiger partial charge in [-0.1, -0.05) is 19.9 Å². The first-order chi connectivity index (χ1) is 8.99. The summed E-state index contributed by atoms with van der Waals surface area (Å²) in [6.07, 6.45) is 3.71. The first-order valence-corrected chi connectivity index (χ1v) is 7.09.